The summed E-state index contributed by atoms with van der Waals surface area (Å²) in [5, 5.41) is 0. The number of hydrogen-bond acceptors (Lipinski definition) is 8. The zero-order valence-electron chi connectivity index (χ0n) is 61.1. The molecule has 508 valence electrons. The Morgan fingerprint density at radius 3 is 1.22 bits per heavy atom. The summed E-state index contributed by atoms with van der Waals surface area (Å²) in [5.41, 5.74) is 0.630. The molecule has 0 aromatic rings. The Morgan fingerprint density at radius 1 is 0.388 bits per heavy atom. The predicted molar refractivity (Wildman–Crippen MR) is 365 cm³/mol. The number of hydrogen-bond donors (Lipinski definition) is 0. The average Bonchev–Trinajstić information content (AvgIpc) is 1.45. The van der Waals surface area contributed by atoms with Crippen molar-refractivity contribution in [2.75, 3.05) is 68.1 Å². The maximum atomic E-state index is 5.80. The first-order chi connectivity index (χ1) is 40.6. The van der Waals surface area contributed by atoms with E-state index in [1.54, 1.807) is 47.0 Å². The van der Waals surface area contributed by atoms with E-state index in [2.05, 4.69) is 118 Å². The smallest absolute Gasteiger partial charge is 0.0577 e. The van der Waals surface area contributed by atoms with Crippen LogP contribution < -0.4 is 0 Å². The zero-order valence-corrected chi connectivity index (χ0v) is 61.1. The molecule has 9 atom stereocenters. The van der Waals surface area contributed by atoms with Crippen LogP contribution >= 0.6 is 0 Å². The van der Waals surface area contributed by atoms with Crippen molar-refractivity contribution in [3.8, 4) is 0 Å². The van der Waals surface area contributed by atoms with Crippen LogP contribution in [0.2, 0.25) is 0 Å². The van der Waals surface area contributed by atoms with Crippen molar-refractivity contribution in [2.45, 2.75) is 328 Å². The van der Waals surface area contributed by atoms with Crippen molar-refractivity contribution in [2.24, 2.45) is 100 Å². The van der Waals surface area contributed by atoms with E-state index < -0.39 is 0 Å². The third-order valence-electron chi connectivity index (χ3n) is 23.4. The third-order valence-corrected chi connectivity index (χ3v) is 23.4. The van der Waals surface area contributed by atoms with Gasteiger partial charge in [-0.1, -0.05) is 127 Å². The van der Waals surface area contributed by atoms with Gasteiger partial charge in [-0.3, -0.25) is 0 Å². The van der Waals surface area contributed by atoms with Crippen molar-refractivity contribution in [3.63, 3.8) is 0 Å². The van der Waals surface area contributed by atoms with Gasteiger partial charge in [-0.2, -0.15) is 0 Å². The molecule has 0 aromatic carbocycles. The van der Waals surface area contributed by atoms with E-state index in [0.29, 0.717) is 65.7 Å². The minimum absolute atomic E-state index is 0.394. The average molecular weight is 1210 g/mol. The summed E-state index contributed by atoms with van der Waals surface area (Å²) in [6.07, 6.45) is 40.8. The molecule has 0 N–H and O–H groups in total. The van der Waals surface area contributed by atoms with Crippen LogP contribution in [-0.2, 0) is 37.9 Å². The van der Waals surface area contributed by atoms with Crippen LogP contribution in [0.3, 0.4) is 0 Å². The second-order valence-electron chi connectivity index (χ2n) is 30.5. The van der Waals surface area contributed by atoms with E-state index in [4.69, 9.17) is 37.9 Å². The van der Waals surface area contributed by atoms with Crippen LogP contribution in [0.1, 0.15) is 292 Å². The molecule has 11 saturated carbocycles. The lowest BCUT2D eigenvalue weighted by Crippen LogP contribution is -2.48. The van der Waals surface area contributed by atoms with Crippen molar-refractivity contribution in [1.29, 1.82) is 0 Å². The molecule has 0 aromatic heterocycles. The molecule has 0 spiro atoms. The number of rotatable bonds is 22. The Labute approximate surface area is 531 Å². The Kier molecular flexibility index (Phi) is 43.6. The highest BCUT2D eigenvalue weighted by Crippen LogP contribution is 2.60. The first kappa shape index (κ1) is 80.8. The lowest BCUT2D eigenvalue weighted by atomic mass is 9.50. The van der Waals surface area contributed by atoms with E-state index in [-0.39, 0.29) is 0 Å². The standard InChI is InChI=1S/C14H26O.2C13H22O.C9H18O.C8H18O.2C7H16O.C6H14O/c1-2-15-14-10-6-9-13(11-14)12-7-4-3-5-8-12;1-2-14-9-13-6-10-3-11(7-13)5-12(4-10)8-13;1-2-14-8-13-11-4-9-3-10(6-11)7-12(13)5-9;1-8(10-2)9-6-4-3-5-7-9;1-6(2)7(3)8(4)9-5;1-5-6(2)7(3)8-4;1-5-8-7(4)6(2)3;1-5(2)6(3)7-4/h12-14H,2-11H2,1H3;10-12H,2-9H2,1H3;9-13H,2-8H2,1H3;8-9H,3-7H2,1-2H3;6-8H,1-5H3;2*6-7H,5H2,1-4H3;5-6H,1-4H3. The van der Waals surface area contributed by atoms with E-state index in [1.165, 1.54) is 141 Å². The van der Waals surface area contributed by atoms with Gasteiger partial charge in [0, 0.05) is 61.5 Å². The lowest BCUT2D eigenvalue weighted by molar-refractivity contribution is -0.0947. The maximum absolute atomic E-state index is 5.80. The Morgan fingerprint density at radius 2 is 0.859 bits per heavy atom. The molecule has 8 bridgehead atoms. The van der Waals surface area contributed by atoms with E-state index in [9.17, 15) is 0 Å². The van der Waals surface area contributed by atoms with Crippen molar-refractivity contribution < 1.29 is 37.9 Å². The van der Waals surface area contributed by atoms with Gasteiger partial charge in [-0.15, -0.1) is 0 Å². The molecule has 0 saturated heterocycles. The molecule has 0 aliphatic heterocycles. The summed E-state index contributed by atoms with van der Waals surface area (Å²) in [7, 11) is 7.09. The summed E-state index contributed by atoms with van der Waals surface area (Å²) in [5.74, 6) is 14.7. The van der Waals surface area contributed by atoms with Crippen molar-refractivity contribution in [3.05, 3.63) is 0 Å². The molecule has 9 unspecified atom stereocenters. The van der Waals surface area contributed by atoms with Gasteiger partial charge in [0.2, 0.25) is 0 Å². The SMILES string of the molecule is CCC(C)C(C)OC.CCOC(C)C(C)C.CCOC1CCCC(C2CCCCC2)C1.CCOCC12CC3CC(CC(C3)C1)C2.CCOCC1C2CC3CC(C2)CC1C3.COC(C)C(C)C.COC(C)C(C)C(C)C.COC(C)C1CCCCC1. The minimum atomic E-state index is 0.394. The second kappa shape index (κ2) is 45.9. The monoisotopic (exact) mass is 1210 g/mol. The molecule has 11 aliphatic carbocycles. The molecule has 0 radical (unpaired) electrons. The molecule has 11 fully saturated rings. The van der Waals surface area contributed by atoms with E-state index in [0.717, 1.165) is 111 Å². The van der Waals surface area contributed by atoms with Gasteiger partial charge in [-0.05, 0) is 265 Å². The molecule has 11 rings (SSSR count). The summed E-state index contributed by atoms with van der Waals surface area (Å²) < 4.78 is 43.1. The largest absolute Gasteiger partial charge is 0.381 e. The lowest BCUT2D eigenvalue weighted by Gasteiger charge is -2.56. The van der Waals surface area contributed by atoms with Crippen molar-refractivity contribution in [1.82, 2.24) is 0 Å². The van der Waals surface area contributed by atoms with E-state index in [1.807, 2.05) is 14.0 Å². The zero-order chi connectivity index (χ0) is 63.5. The van der Waals surface area contributed by atoms with Crippen molar-refractivity contribution >= 4 is 0 Å². The fourth-order valence-corrected chi connectivity index (χ4v) is 16.8. The quantitative estimate of drug-likeness (QED) is 0.106. The Bertz CT molecular complexity index is 1470. The molecule has 8 nitrogen and oxygen atoms in total. The molecule has 0 heterocycles. The van der Waals surface area contributed by atoms with Crippen LogP contribution in [0.5, 0.6) is 0 Å². The van der Waals surface area contributed by atoms with Gasteiger partial charge in [0.05, 0.1) is 43.2 Å². The highest BCUT2D eigenvalue weighted by molar-refractivity contribution is 5.01. The Balaban J connectivity index is 0.000000337. The van der Waals surface area contributed by atoms with Gasteiger partial charge in [0.25, 0.3) is 0 Å². The van der Waals surface area contributed by atoms with Gasteiger partial charge < -0.3 is 37.9 Å². The predicted octanol–water partition coefficient (Wildman–Crippen LogP) is 21.2. The van der Waals surface area contributed by atoms with Crippen LogP contribution in [-0.4, -0.2) is 105 Å². The number of methoxy groups -OCH3 is 4. The minimum Gasteiger partial charge on any atom is -0.381 e. The molecule has 0 amide bonds. The maximum Gasteiger partial charge on any atom is 0.0577 e. The highest BCUT2D eigenvalue weighted by atomic mass is 16.5. The van der Waals surface area contributed by atoms with Crippen LogP contribution in [0.25, 0.3) is 0 Å². The molecule has 85 heavy (non-hydrogen) atoms. The molecular formula is C77H152O8. The summed E-state index contributed by atoms with van der Waals surface area (Å²) >= 11 is 0. The highest BCUT2D eigenvalue weighted by Gasteiger charge is 2.51. The fraction of sp³-hybridized carbons (Fsp3) is 1.00. The number of ether oxygens (including phenoxy) is 8. The first-order valence-electron chi connectivity index (χ1n) is 37.1. The third kappa shape index (κ3) is 31.2. The summed E-state index contributed by atoms with van der Waals surface area (Å²) in [6, 6.07) is 0. The molecular weight excluding hydrogens is 1050 g/mol. The molecule has 11 aliphatic rings. The summed E-state index contributed by atoms with van der Waals surface area (Å²) in [6.45, 7) is 44.3. The van der Waals surface area contributed by atoms with Crippen LogP contribution in [0.15, 0.2) is 0 Å². The second-order valence-corrected chi connectivity index (χ2v) is 30.5. The summed E-state index contributed by atoms with van der Waals surface area (Å²) in [4.78, 5) is 0. The van der Waals surface area contributed by atoms with Gasteiger partial charge in [-0.25, -0.2) is 0 Å². The molecule has 8 heteroatoms. The van der Waals surface area contributed by atoms with E-state index >= 15 is 0 Å². The van der Waals surface area contributed by atoms with Gasteiger partial charge in [0.1, 0.15) is 0 Å². The van der Waals surface area contributed by atoms with Crippen LogP contribution in [0, 0.1) is 100 Å². The fourth-order valence-electron chi connectivity index (χ4n) is 16.8. The Hall–Kier alpha value is -0.320. The normalized spacial score (nSPS) is 31.6. The van der Waals surface area contributed by atoms with Crippen LogP contribution in [0.4, 0.5) is 0 Å². The first-order valence-corrected chi connectivity index (χ1v) is 37.1. The topological polar surface area (TPSA) is 73.8 Å². The van der Waals surface area contributed by atoms with Gasteiger partial charge >= 0.3 is 0 Å². The van der Waals surface area contributed by atoms with Gasteiger partial charge in [0.15, 0.2) is 0 Å².